The average molecular weight is 274 g/mol. The molecule has 20 heavy (non-hydrogen) atoms. The number of nitrogens with zero attached hydrogens (tertiary/aromatic N) is 2. The number of aliphatic hydroxyl groups excluding tert-OH is 1. The van der Waals surface area contributed by atoms with E-state index in [4.69, 9.17) is 5.11 Å². The fourth-order valence-electron chi connectivity index (χ4n) is 1.83. The maximum atomic E-state index is 11.9. The van der Waals surface area contributed by atoms with E-state index in [-0.39, 0.29) is 12.5 Å². The van der Waals surface area contributed by atoms with Crippen molar-refractivity contribution in [2.75, 3.05) is 18.5 Å². The van der Waals surface area contributed by atoms with Crippen LogP contribution in [0.1, 0.15) is 13.3 Å². The normalized spacial score (nSPS) is 12.1. The molecule has 2 aromatic rings. The zero-order valence-electron chi connectivity index (χ0n) is 11.3. The Labute approximate surface area is 117 Å². The molecule has 1 amide bonds. The Morgan fingerprint density at radius 1 is 1.35 bits per heavy atom. The Bertz CT molecular complexity index is 583. The molecule has 1 unspecified atom stereocenters. The summed E-state index contributed by atoms with van der Waals surface area (Å²) in [5, 5.41) is 15.4. The first-order valence-electron chi connectivity index (χ1n) is 6.57. The van der Waals surface area contributed by atoms with Crippen LogP contribution in [0.5, 0.6) is 0 Å². The molecule has 6 nitrogen and oxygen atoms in total. The number of fused-ring (bicyclic) bond motifs is 1. The van der Waals surface area contributed by atoms with Crippen molar-refractivity contribution < 1.29 is 9.90 Å². The van der Waals surface area contributed by atoms with E-state index in [0.29, 0.717) is 18.8 Å². The number of nitrogens with one attached hydrogen (secondary N) is 2. The molecule has 1 aromatic heterocycles. The van der Waals surface area contributed by atoms with Crippen molar-refractivity contribution >= 4 is 22.6 Å². The first-order valence-corrected chi connectivity index (χ1v) is 6.57. The Morgan fingerprint density at radius 2 is 2.15 bits per heavy atom. The van der Waals surface area contributed by atoms with Gasteiger partial charge in [-0.2, -0.15) is 0 Å². The van der Waals surface area contributed by atoms with Crippen molar-refractivity contribution in [2.24, 2.45) is 0 Å². The maximum absolute atomic E-state index is 11.9. The summed E-state index contributed by atoms with van der Waals surface area (Å²) in [4.78, 5) is 20.2. The quantitative estimate of drug-likeness (QED) is 0.682. The van der Waals surface area contributed by atoms with E-state index in [2.05, 4.69) is 20.6 Å². The van der Waals surface area contributed by atoms with E-state index < -0.39 is 6.04 Å². The molecule has 0 aliphatic heterocycles. The molecule has 1 aromatic carbocycles. The monoisotopic (exact) mass is 274 g/mol. The van der Waals surface area contributed by atoms with Gasteiger partial charge < -0.3 is 15.7 Å². The number of carbonyl (C=O) groups is 1. The van der Waals surface area contributed by atoms with Gasteiger partial charge in [-0.3, -0.25) is 4.79 Å². The third-order valence-corrected chi connectivity index (χ3v) is 2.92. The molecule has 0 aliphatic rings. The van der Waals surface area contributed by atoms with E-state index in [1.165, 1.54) is 6.33 Å². The number of carbonyl (C=O) groups excluding carboxylic acids is 1. The van der Waals surface area contributed by atoms with E-state index >= 15 is 0 Å². The zero-order chi connectivity index (χ0) is 14.4. The van der Waals surface area contributed by atoms with Crippen LogP contribution < -0.4 is 10.6 Å². The summed E-state index contributed by atoms with van der Waals surface area (Å²) < 4.78 is 0. The largest absolute Gasteiger partial charge is 0.396 e. The number of hydrogen-bond acceptors (Lipinski definition) is 5. The summed E-state index contributed by atoms with van der Waals surface area (Å²) >= 11 is 0. The van der Waals surface area contributed by atoms with E-state index in [1.807, 2.05) is 24.3 Å². The topological polar surface area (TPSA) is 87.1 Å². The Morgan fingerprint density at radius 3 is 2.95 bits per heavy atom. The molecule has 0 saturated carbocycles. The lowest BCUT2D eigenvalue weighted by atomic mass is 10.2. The number of para-hydroxylation sites is 1. The first kappa shape index (κ1) is 14.2. The van der Waals surface area contributed by atoms with Gasteiger partial charge in [-0.1, -0.05) is 12.1 Å². The molecule has 2 rings (SSSR count). The predicted octanol–water partition coefficient (Wildman–Crippen LogP) is 0.929. The van der Waals surface area contributed by atoms with Gasteiger partial charge in [0.15, 0.2) is 0 Å². The average Bonchev–Trinajstić information content (AvgIpc) is 2.47. The number of amides is 1. The second kappa shape index (κ2) is 6.81. The van der Waals surface area contributed by atoms with Crippen molar-refractivity contribution in [2.45, 2.75) is 19.4 Å². The van der Waals surface area contributed by atoms with Gasteiger partial charge >= 0.3 is 0 Å². The smallest absolute Gasteiger partial charge is 0.242 e. The highest BCUT2D eigenvalue weighted by Gasteiger charge is 2.13. The summed E-state index contributed by atoms with van der Waals surface area (Å²) in [5.74, 6) is 0.515. The minimum atomic E-state index is -0.410. The summed E-state index contributed by atoms with van der Waals surface area (Å²) in [6.07, 6.45) is 2.02. The highest BCUT2D eigenvalue weighted by atomic mass is 16.3. The predicted molar refractivity (Wildman–Crippen MR) is 77.3 cm³/mol. The molecule has 1 heterocycles. The molecule has 0 spiro atoms. The third kappa shape index (κ3) is 3.42. The van der Waals surface area contributed by atoms with Crippen LogP contribution in [0.25, 0.3) is 10.9 Å². The van der Waals surface area contributed by atoms with Gasteiger partial charge in [0.1, 0.15) is 18.2 Å². The van der Waals surface area contributed by atoms with Crippen molar-refractivity contribution in [1.82, 2.24) is 15.3 Å². The molecular weight excluding hydrogens is 256 g/mol. The minimum absolute atomic E-state index is 0.0681. The molecule has 3 N–H and O–H groups in total. The van der Waals surface area contributed by atoms with Crippen LogP contribution in [0.2, 0.25) is 0 Å². The first-order chi connectivity index (χ1) is 9.72. The van der Waals surface area contributed by atoms with Gasteiger partial charge in [0.05, 0.1) is 5.52 Å². The van der Waals surface area contributed by atoms with Crippen LogP contribution in [0.4, 0.5) is 5.82 Å². The van der Waals surface area contributed by atoms with Gasteiger partial charge in [-0.25, -0.2) is 9.97 Å². The lowest BCUT2D eigenvalue weighted by molar-refractivity contribution is -0.121. The van der Waals surface area contributed by atoms with Gasteiger partial charge in [0.25, 0.3) is 0 Å². The van der Waals surface area contributed by atoms with Crippen molar-refractivity contribution in [3.63, 3.8) is 0 Å². The second-order valence-corrected chi connectivity index (χ2v) is 4.47. The summed E-state index contributed by atoms with van der Waals surface area (Å²) in [7, 11) is 0. The lowest BCUT2D eigenvalue weighted by Crippen LogP contribution is -2.38. The minimum Gasteiger partial charge on any atom is -0.396 e. The highest BCUT2D eigenvalue weighted by molar-refractivity contribution is 5.91. The fourth-order valence-corrected chi connectivity index (χ4v) is 1.83. The van der Waals surface area contributed by atoms with Crippen molar-refractivity contribution in [3.05, 3.63) is 30.6 Å². The van der Waals surface area contributed by atoms with Gasteiger partial charge in [-0.15, -0.1) is 0 Å². The zero-order valence-corrected chi connectivity index (χ0v) is 11.3. The van der Waals surface area contributed by atoms with E-state index in [9.17, 15) is 4.79 Å². The van der Waals surface area contributed by atoms with Gasteiger partial charge in [-0.05, 0) is 25.5 Å². The summed E-state index contributed by atoms with van der Waals surface area (Å²) in [6, 6.07) is 7.21. The van der Waals surface area contributed by atoms with E-state index in [0.717, 1.165) is 10.9 Å². The molecule has 6 heteroatoms. The van der Waals surface area contributed by atoms with E-state index in [1.54, 1.807) is 6.92 Å². The highest BCUT2D eigenvalue weighted by Crippen LogP contribution is 2.18. The molecule has 1 atom stereocenters. The van der Waals surface area contributed by atoms with Crippen LogP contribution in [-0.2, 0) is 4.79 Å². The molecule has 0 bridgehead atoms. The van der Waals surface area contributed by atoms with Crippen LogP contribution in [0, 0.1) is 0 Å². The number of aliphatic hydroxyl groups is 1. The second-order valence-electron chi connectivity index (χ2n) is 4.47. The number of anilines is 1. The lowest BCUT2D eigenvalue weighted by Gasteiger charge is -2.15. The van der Waals surface area contributed by atoms with Crippen LogP contribution >= 0.6 is 0 Å². The Hall–Kier alpha value is -2.21. The SMILES string of the molecule is CC(Nc1ncnc2ccccc12)C(=O)NCCCO. The molecule has 106 valence electrons. The third-order valence-electron chi connectivity index (χ3n) is 2.92. The number of benzene rings is 1. The van der Waals surface area contributed by atoms with Gasteiger partial charge in [0, 0.05) is 18.5 Å². The van der Waals surface area contributed by atoms with Crippen molar-refractivity contribution in [1.29, 1.82) is 0 Å². The maximum Gasteiger partial charge on any atom is 0.242 e. The fraction of sp³-hybridized carbons (Fsp3) is 0.357. The summed E-state index contributed by atoms with van der Waals surface area (Å²) in [6.45, 7) is 2.30. The van der Waals surface area contributed by atoms with Crippen LogP contribution in [0.15, 0.2) is 30.6 Å². The summed E-state index contributed by atoms with van der Waals surface area (Å²) in [5.41, 5.74) is 0.831. The van der Waals surface area contributed by atoms with Gasteiger partial charge in [0.2, 0.25) is 5.91 Å². The Balaban J connectivity index is 2.06. The standard InChI is InChI=1S/C14H18N4O2/c1-10(14(20)15-7-4-8-19)18-13-11-5-2-3-6-12(11)16-9-17-13/h2-3,5-6,9-10,19H,4,7-8H2,1H3,(H,15,20)(H,16,17,18). The Kier molecular flexibility index (Phi) is 4.84. The van der Waals surface area contributed by atoms with Crippen LogP contribution in [0.3, 0.4) is 0 Å². The molecule has 0 radical (unpaired) electrons. The van der Waals surface area contributed by atoms with Crippen molar-refractivity contribution in [3.8, 4) is 0 Å². The number of rotatable bonds is 6. The number of aromatic nitrogens is 2. The molecule has 0 aliphatic carbocycles. The number of hydrogen-bond donors (Lipinski definition) is 3. The molecule has 0 fully saturated rings. The molecular formula is C14H18N4O2. The van der Waals surface area contributed by atoms with Crippen LogP contribution in [-0.4, -0.2) is 40.2 Å². The molecule has 0 saturated heterocycles.